The molecule has 2 unspecified atom stereocenters. The Kier molecular flexibility index (Phi) is 5.56. The van der Waals surface area contributed by atoms with E-state index in [9.17, 15) is 14.7 Å². The van der Waals surface area contributed by atoms with Crippen LogP contribution in [0.3, 0.4) is 0 Å². The molecule has 0 saturated carbocycles. The van der Waals surface area contributed by atoms with Gasteiger partial charge in [0.25, 0.3) is 0 Å². The zero-order chi connectivity index (χ0) is 14.5. The highest BCUT2D eigenvalue weighted by Crippen LogP contribution is 2.16. The van der Waals surface area contributed by atoms with E-state index in [1.807, 2.05) is 0 Å². The molecule has 1 aliphatic rings. The molecule has 7 heteroatoms. The Morgan fingerprint density at radius 1 is 1.53 bits per heavy atom. The van der Waals surface area contributed by atoms with Gasteiger partial charge in [-0.2, -0.15) is 0 Å². The van der Waals surface area contributed by atoms with Crippen LogP contribution in [0.15, 0.2) is 0 Å². The van der Waals surface area contributed by atoms with E-state index in [-0.39, 0.29) is 12.6 Å². The molecule has 2 amide bonds. The third-order valence-electron chi connectivity index (χ3n) is 3.13. The maximum Gasteiger partial charge on any atom is 0.317 e. The number of aliphatic hydroxyl groups is 1. The van der Waals surface area contributed by atoms with Gasteiger partial charge in [-0.05, 0) is 13.3 Å². The Bertz CT molecular complexity index is 332. The van der Waals surface area contributed by atoms with E-state index in [2.05, 4.69) is 5.32 Å². The molecule has 2 atom stereocenters. The van der Waals surface area contributed by atoms with Crippen LogP contribution in [0.5, 0.6) is 0 Å². The minimum absolute atomic E-state index is 0.0798. The fourth-order valence-corrected chi connectivity index (χ4v) is 2.15. The molecule has 1 aliphatic heterocycles. The minimum atomic E-state index is -1.44. The van der Waals surface area contributed by atoms with Crippen molar-refractivity contribution in [3.8, 4) is 0 Å². The Labute approximate surface area is 112 Å². The third kappa shape index (κ3) is 5.44. The number of methoxy groups -OCH3 is 1. The number of carbonyl (C=O) groups excluding carboxylic acids is 1. The standard InChI is InChI=1S/C12H22N2O5/c1-12(18,5-10(15)16)8-13-11(17)14-4-3-9(6-14)7-19-2/h9,18H,3-8H2,1-2H3,(H,13,17)(H,15,16). The summed E-state index contributed by atoms with van der Waals surface area (Å²) in [5.41, 5.74) is -1.44. The number of carboxylic acid groups (broad SMARTS) is 1. The van der Waals surface area contributed by atoms with Gasteiger partial charge >= 0.3 is 12.0 Å². The molecule has 110 valence electrons. The number of ether oxygens (including phenoxy) is 1. The number of likely N-dealkylation sites (tertiary alicyclic amines) is 1. The summed E-state index contributed by atoms with van der Waals surface area (Å²) in [6.07, 6.45) is 0.492. The molecule has 0 spiro atoms. The number of nitrogens with zero attached hydrogens (tertiary/aromatic N) is 1. The van der Waals surface area contributed by atoms with Gasteiger partial charge in [-0.3, -0.25) is 4.79 Å². The van der Waals surface area contributed by atoms with Gasteiger partial charge < -0.3 is 25.2 Å². The molecule has 1 rings (SSSR count). The smallest absolute Gasteiger partial charge is 0.317 e. The molecule has 0 aromatic rings. The number of hydrogen-bond acceptors (Lipinski definition) is 4. The van der Waals surface area contributed by atoms with Crippen LogP contribution in [-0.4, -0.2) is 66.1 Å². The van der Waals surface area contributed by atoms with Crippen molar-refractivity contribution >= 4 is 12.0 Å². The van der Waals surface area contributed by atoms with Crippen molar-refractivity contribution < 1.29 is 24.5 Å². The Morgan fingerprint density at radius 2 is 2.21 bits per heavy atom. The molecule has 0 radical (unpaired) electrons. The number of aliphatic carboxylic acids is 1. The Hall–Kier alpha value is -1.34. The molecule has 0 aromatic carbocycles. The van der Waals surface area contributed by atoms with Gasteiger partial charge in [0.1, 0.15) is 0 Å². The van der Waals surface area contributed by atoms with Gasteiger partial charge in [-0.1, -0.05) is 0 Å². The summed E-state index contributed by atoms with van der Waals surface area (Å²) in [6.45, 7) is 3.21. The van der Waals surface area contributed by atoms with Crippen molar-refractivity contribution in [2.75, 3.05) is 33.4 Å². The molecule has 1 fully saturated rings. The van der Waals surface area contributed by atoms with Crippen LogP contribution < -0.4 is 5.32 Å². The number of carbonyl (C=O) groups is 2. The first-order chi connectivity index (χ1) is 8.84. The zero-order valence-electron chi connectivity index (χ0n) is 11.4. The monoisotopic (exact) mass is 274 g/mol. The number of nitrogens with one attached hydrogen (secondary N) is 1. The van der Waals surface area contributed by atoms with Gasteiger partial charge in [-0.15, -0.1) is 0 Å². The van der Waals surface area contributed by atoms with Gasteiger partial charge in [0.05, 0.1) is 18.6 Å². The zero-order valence-corrected chi connectivity index (χ0v) is 11.4. The largest absolute Gasteiger partial charge is 0.481 e. The van der Waals surface area contributed by atoms with Crippen LogP contribution >= 0.6 is 0 Å². The van der Waals surface area contributed by atoms with Crippen molar-refractivity contribution in [2.45, 2.75) is 25.4 Å². The minimum Gasteiger partial charge on any atom is -0.481 e. The van der Waals surface area contributed by atoms with E-state index in [0.29, 0.717) is 25.6 Å². The third-order valence-corrected chi connectivity index (χ3v) is 3.13. The molecule has 7 nitrogen and oxygen atoms in total. The van der Waals surface area contributed by atoms with Gasteiger partial charge in [0, 0.05) is 32.7 Å². The van der Waals surface area contributed by atoms with E-state index >= 15 is 0 Å². The summed E-state index contributed by atoms with van der Waals surface area (Å²) in [5.74, 6) is -0.754. The summed E-state index contributed by atoms with van der Waals surface area (Å²) in [4.78, 5) is 24.0. The van der Waals surface area contributed by atoms with Crippen LogP contribution in [0.2, 0.25) is 0 Å². The fraction of sp³-hybridized carbons (Fsp3) is 0.833. The maximum atomic E-state index is 11.8. The average molecular weight is 274 g/mol. The van der Waals surface area contributed by atoms with Crippen LogP contribution in [0, 0.1) is 5.92 Å². The fourth-order valence-electron chi connectivity index (χ4n) is 2.15. The van der Waals surface area contributed by atoms with Crippen LogP contribution in [0.4, 0.5) is 4.79 Å². The predicted molar refractivity (Wildman–Crippen MR) is 67.8 cm³/mol. The van der Waals surface area contributed by atoms with Crippen molar-refractivity contribution in [1.29, 1.82) is 0 Å². The molecular formula is C12H22N2O5. The lowest BCUT2D eigenvalue weighted by molar-refractivity contribution is -0.141. The van der Waals surface area contributed by atoms with E-state index in [1.165, 1.54) is 6.92 Å². The lowest BCUT2D eigenvalue weighted by atomic mass is 10.0. The van der Waals surface area contributed by atoms with Crippen molar-refractivity contribution in [3.63, 3.8) is 0 Å². The normalized spacial score (nSPS) is 22.1. The number of carboxylic acids is 1. The highest BCUT2D eigenvalue weighted by molar-refractivity contribution is 5.75. The first-order valence-electron chi connectivity index (χ1n) is 6.30. The first-order valence-corrected chi connectivity index (χ1v) is 6.30. The summed E-state index contributed by atoms with van der Waals surface area (Å²) in [6, 6.07) is -0.274. The van der Waals surface area contributed by atoms with Crippen LogP contribution in [0.25, 0.3) is 0 Å². The van der Waals surface area contributed by atoms with Gasteiger partial charge in [0.2, 0.25) is 0 Å². The number of amides is 2. The molecule has 0 aromatic heterocycles. The maximum absolute atomic E-state index is 11.8. The lowest BCUT2D eigenvalue weighted by Gasteiger charge is -2.24. The van der Waals surface area contributed by atoms with E-state index in [4.69, 9.17) is 9.84 Å². The summed E-state index contributed by atoms with van der Waals surface area (Å²) in [7, 11) is 1.63. The molecule has 0 bridgehead atoms. The lowest BCUT2D eigenvalue weighted by Crippen LogP contribution is -2.46. The molecule has 1 saturated heterocycles. The van der Waals surface area contributed by atoms with E-state index < -0.39 is 18.0 Å². The Morgan fingerprint density at radius 3 is 2.79 bits per heavy atom. The highest BCUT2D eigenvalue weighted by atomic mass is 16.5. The van der Waals surface area contributed by atoms with E-state index in [0.717, 1.165) is 6.42 Å². The summed E-state index contributed by atoms with van der Waals surface area (Å²) in [5, 5.41) is 21.0. The molecule has 19 heavy (non-hydrogen) atoms. The topological polar surface area (TPSA) is 99.1 Å². The highest BCUT2D eigenvalue weighted by Gasteiger charge is 2.29. The van der Waals surface area contributed by atoms with Gasteiger partial charge in [-0.25, -0.2) is 4.79 Å². The molecule has 3 N–H and O–H groups in total. The second kappa shape index (κ2) is 6.72. The number of urea groups is 1. The first kappa shape index (κ1) is 15.7. The van der Waals surface area contributed by atoms with E-state index in [1.54, 1.807) is 12.0 Å². The number of rotatable bonds is 6. The van der Waals surface area contributed by atoms with Gasteiger partial charge in [0.15, 0.2) is 0 Å². The molecule has 0 aliphatic carbocycles. The predicted octanol–water partition coefficient (Wildman–Crippen LogP) is -0.110. The molecule has 1 heterocycles. The van der Waals surface area contributed by atoms with Crippen LogP contribution in [-0.2, 0) is 9.53 Å². The molecular weight excluding hydrogens is 252 g/mol. The van der Waals surface area contributed by atoms with Crippen LogP contribution in [0.1, 0.15) is 19.8 Å². The Balaban J connectivity index is 2.34. The quantitative estimate of drug-likeness (QED) is 0.627. The average Bonchev–Trinajstić information content (AvgIpc) is 2.73. The SMILES string of the molecule is COCC1CCN(C(=O)NCC(C)(O)CC(=O)O)C1. The van der Waals surface area contributed by atoms with Crippen molar-refractivity contribution in [2.24, 2.45) is 5.92 Å². The van der Waals surface area contributed by atoms with Crippen molar-refractivity contribution in [1.82, 2.24) is 10.2 Å². The number of hydrogen-bond donors (Lipinski definition) is 3. The van der Waals surface area contributed by atoms with Crippen molar-refractivity contribution in [3.05, 3.63) is 0 Å². The summed E-state index contributed by atoms with van der Waals surface area (Å²) >= 11 is 0. The summed E-state index contributed by atoms with van der Waals surface area (Å²) < 4.78 is 5.05. The second-order valence-corrected chi connectivity index (χ2v) is 5.28. The second-order valence-electron chi connectivity index (χ2n) is 5.28.